The van der Waals surface area contributed by atoms with E-state index in [2.05, 4.69) is 10.6 Å². The van der Waals surface area contributed by atoms with Gasteiger partial charge in [-0.2, -0.15) is 13.2 Å². The van der Waals surface area contributed by atoms with Crippen molar-refractivity contribution in [2.45, 2.75) is 78.7 Å². The van der Waals surface area contributed by atoms with Gasteiger partial charge < -0.3 is 25.2 Å². The molecule has 0 radical (unpaired) electrons. The van der Waals surface area contributed by atoms with E-state index in [-0.39, 0.29) is 61.6 Å². The van der Waals surface area contributed by atoms with E-state index < -0.39 is 59.8 Å². The van der Waals surface area contributed by atoms with Crippen LogP contribution in [0.15, 0.2) is 47.4 Å². The van der Waals surface area contributed by atoms with Crippen LogP contribution in [0, 0.1) is 38.4 Å². The van der Waals surface area contributed by atoms with Crippen LogP contribution in [0.5, 0.6) is 0 Å². The number of aliphatic carboxylic acids is 1. The summed E-state index contributed by atoms with van der Waals surface area (Å²) >= 11 is 6.22. The quantitative estimate of drug-likeness (QED) is 0.171. The van der Waals surface area contributed by atoms with E-state index in [9.17, 15) is 37.5 Å². The second-order valence-corrected chi connectivity index (χ2v) is 14.1. The maximum Gasteiger partial charge on any atom is 0.393 e. The smallest absolute Gasteiger partial charge is 0.393 e. The largest absolute Gasteiger partial charge is 0.481 e. The predicted octanol–water partition coefficient (Wildman–Crippen LogP) is 6.59. The third-order valence-electron chi connectivity index (χ3n) is 9.13. The van der Waals surface area contributed by atoms with Crippen molar-refractivity contribution < 1.29 is 37.1 Å². The van der Waals surface area contributed by atoms with E-state index in [0.717, 1.165) is 16.7 Å². The third kappa shape index (κ3) is 9.97. The van der Waals surface area contributed by atoms with Crippen LogP contribution in [0.2, 0.25) is 5.02 Å². The lowest BCUT2D eigenvalue weighted by Crippen LogP contribution is -2.49. The van der Waals surface area contributed by atoms with Crippen molar-refractivity contribution in [2.24, 2.45) is 11.8 Å². The molecule has 0 spiro atoms. The zero-order chi connectivity index (χ0) is 37.8. The zero-order valence-corrected chi connectivity index (χ0v) is 29.9. The lowest BCUT2D eigenvalue weighted by atomic mass is 9.90. The first-order valence-electron chi connectivity index (χ1n) is 16.7. The number of carbonyl (C=O) groups is 3. The Hall–Kier alpha value is -4.23. The SMILES string of the molecule is Cc1cc(-c2c(C)cc(Cl)cc2C)cc([C@H](CC(=O)O)NC(=O)[C@H](CC(C)C)NC(=O)c2cccn(CCN3CC[C@H](C(F)(F)F)C3)c2=O)c1F. The van der Waals surface area contributed by atoms with Crippen molar-refractivity contribution in [2.75, 3.05) is 19.6 Å². The van der Waals surface area contributed by atoms with Gasteiger partial charge in [-0.05, 0) is 110 Å². The molecule has 0 unspecified atom stereocenters. The minimum absolute atomic E-state index is 0.0210. The Morgan fingerprint density at radius 1 is 1.02 bits per heavy atom. The molecule has 0 saturated carbocycles. The number of carboxylic acid groups (broad SMARTS) is 1. The number of benzene rings is 2. The fourth-order valence-electron chi connectivity index (χ4n) is 6.62. The molecular formula is C37H43ClF4N4O5. The number of hydrogen-bond acceptors (Lipinski definition) is 5. The Balaban J connectivity index is 1.57. The number of aromatic nitrogens is 1. The van der Waals surface area contributed by atoms with E-state index >= 15 is 4.39 Å². The number of carboxylic acids is 1. The van der Waals surface area contributed by atoms with Crippen LogP contribution in [0.4, 0.5) is 17.6 Å². The van der Waals surface area contributed by atoms with Gasteiger partial charge in [0.05, 0.1) is 18.4 Å². The molecule has 51 heavy (non-hydrogen) atoms. The van der Waals surface area contributed by atoms with Gasteiger partial charge in [-0.15, -0.1) is 0 Å². The summed E-state index contributed by atoms with van der Waals surface area (Å²) in [5.41, 5.74) is 2.26. The number of nitrogens with zero attached hydrogens (tertiary/aromatic N) is 2. The summed E-state index contributed by atoms with van der Waals surface area (Å²) in [5, 5.41) is 15.5. The lowest BCUT2D eigenvalue weighted by molar-refractivity contribution is -0.170. The number of amides is 2. The molecule has 3 atom stereocenters. The average molecular weight is 735 g/mol. The number of pyridine rings is 1. The third-order valence-corrected chi connectivity index (χ3v) is 9.34. The molecule has 1 fully saturated rings. The first-order valence-corrected chi connectivity index (χ1v) is 17.1. The molecule has 1 saturated heterocycles. The fraction of sp³-hybridized carbons (Fsp3) is 0.459. The van der Waals surface area contributed by atoms with E-state index in [1.807, 2.05) is 27.7 Å². The topological polar surface area (TPSA) is 121 Å². The second kappa shape index (κ2) is 16.4. The van der Waals surface area contributed by atoms with Gasteiger partial charge in [-0.25, -0.2) is 4.39 Å². The van der Waals surface area contributed by atoms with E-state index in [4.69, 9.17) is 11.6 Å². The lowest BCUT2D eigenvalue weighted by Gasteiger charge is -2.25. The summed E-state index contributed by atoms with van der Waals surface area (Å²) in [4.78, 5) is 54.1. The maximum atomic E-state index is 15.7. The number of alkyl halides is 3. The van der Waals surface area contributed by atoms with Gasteiger partial charge in [-0.1, -0.05) is 25.4 Å². The molecule has 276 valence electrons. The fourth-order valence-corrected chi connectivity index (χ4v) is 6.95. The zero-order valence-electron chi connectivity index (χ0n) is 29.2. The maximum absolute atomic E-state index is 15.7. The van der Waals surface area contributed by atoms with Crippen LogP contribution >= 0.6 is 11.6 Å². The summed E-state index contributed by atoms with van der Waals surface area (Å²) in [5.74, 6) is -5.17. The molecule has 1 aliphatic rings. The Morgan fingerprint density at radius 3 is 2.27 bits per heavy atom. The van der Waals surface area contributed by atoms with Gasteiger partial charge in [-0.3, -0.25) is 19.2 Å². The monoisotopic (exact) mass is 734 g/mol. The number of likely N-dealkylation sites (tertiary alicyclic amines) is 1. The van der Waals surface area contributed by atoms with Gasteiger partial charge in [0.1, 0.15) is 17.4 Å². The number of aryl methyl sites for hydroxylation is 3. The van der Waals surface area contributed by atoms with Crippen LogP contribution in [-0.2, 0) is 16.1 Å². The Morgan fingerprint density at radius 2 is 1.69 bits per heavy atom. The molecule has 1 aliphatic heterocycles. The highest BCUT2D eigenvalue weighted by atomic mass is 35.5. The molecule has 2 heterocycles. The molecule has 2 amide bonds. The van der Waals surface area contributed by atoms with Gasteiger partial charge in [0.15, 0.2) is 0 Å². The normalized spacial score (nSPS) is 16.3. The summed E-state index contributed by atoms with van der Waals surface area (Å²) in [6, 6.07) is 6.88. The van der Waals surface area contributed by atoms with Crippen molar-refractivity contribution in [3.05, 3.63) is 91.6 Å². The average Bonchev–Trinajstić information content (AvgIpc) is 3.50. The molecular weight excluding hydrogens is 692 g/mol. The van der Waals surface area contributed by atoms with Gasteiger partial charge in [0, 0.05) is 36.4 Å². The highest BCUT2D eigenvalue weighted by Crippen LogP contribution is 2.35. The number of halogens is 5. The standard InChI is InChI=1S/C37H43ClF4N4O5/c1-20(2)13-30(44-34(49)27-7-6-9-46(36(27)51)12-11-45-10-8-25(19-45)37(40,41)42)35(50)43-29(18-31(47)48)28-17-24(14-23(5)33(28)39)32-21(3)15-26(38)16-22(32)4/h6-7,9,14-17,20,25,29-30H,8,10-13,18-19H2,1-5H3,(H,43,50)(H,44,49)(H,47,48)/t25-,29-,30-/m0/s1. The van der Waals surface area contributed by atoms with Crippen LogP contribution < -0.4 is 16.2 Å². The molecule has 3 N–H and O–H groups in total. The van der Waals surface area contributed by atoms with Crippen LogP contribution in [0.3, 0.4) is 0 Å². The van der Waals surface area contributed by atoms with Crippen molar-refractivity contribution >= 4 is 29.4 Å². The number of carbonyl (C=O) groups excluding carboxylic acids is 2. The molecule has 0 aliphatic carbocycles. The molecule has 4 rings (SSSR count). The summed E-state index contributed by atoms with van der Waals surface area (Å²) < 4.78 is 56.3. The van der Waals surface area contributed by atoms with Crippen molar-refractivity contribution in [1.29, 1.82) is 0 Å². The Labute approximate surface area is 299 Å². The van der Waals surface area contributed by atoms with E-state index in [1.54, 1.807) is 30.0 Å². The first kappa shape index (κ1) is 39.6. The number of nitrogens with one attached hydrogen (secondary N) is 2. The first-order chi connectivity index (χ1) is 23.8. The van der Waals surface area contributed by atoms with Gasteiger partial charge in [0.2, 0.25) is 5.91 Å². The number of rotatable bonds is 13. The van der Waals surface area contributed by atoms with E-state index in [0.29, 0.717) is 10.6 Å². The number of hydrogen-bond donors (Lipinski definition) is 3. The minimum Gasteiger partial charge on any atom is -0.481 e. The highest BCUT2D eigenvalue weighted by molar-refractivity contribution is 6.30. The van der Waals surface area contributed by atoms with Gasteiger partial charge >= 0.3 is 12.1 Å². The van der Waals surface area contributed by atoms with E-state index in [1.165, 1.54) is 29.0 Å². The van der Waals surface area contributed by atoms with Crippen molar-refractivity contribution in [3.63, 3.8) is 0 Å². The predicted molar refractivity (Wildman–Crippen MR) is 186 cm³/mol. The van der Waals surface area contributed by atoms with Crippen molar-refractivity contribution in [1.82, 2.24) is 20.1 Å². The molecule has 14 heteroatoms. The van der Waals surface area contributed by atoms with Crippen LogP contribution in [0.1, 0.15) is 71.8 Å². The second-order valence-electron chi connectivity index (χ2n) is 13.7. The summed E-state index contributed by atoms with van der Waals surface area (Å²) in [7, 11) is 0. The molecule has 3 aromatic rings. The van der Waals surface area contributed by atoms with Crippen LogP contribution in [-0.4, -0.2) is 64.2 Å². The van der Waals surface area contributed by atoms with Crippen LogP contribution in [0.25, 0.3) is 11.1 Å². The molecule has 1 aromatic heterocycles. The minimum atomic E-state index is -4.29. The molecule has 0 bridgehead atoms. The summed E-state index contributed by atoms with van der Waals surface area (Å²) in [6.07, 6.45) is -3.42. The molecule has 2 aromatic carbocycles. The Kier molecular flexibility index (Phi) is 12.7. The van der Waals surface area contributed by atoms with Gasteiger partial charge in [0.25, 0.3) is 11.5 Å². The molecule has 9 nitrogen and oxygen atoms in total. The Bertz CT molecular complexity index is 1820. The highest BCUT2D eigenvalue weighted by Gasteiger charge is 2.43. The van der Waals surface area contributed by atoms with Crippen molar-refractivity contribution in [3.8, 4) is 11.1 Å². The summed E-state index contributed by atoms with van der Waals surface area (Å²) in [6.45, 7) is 9.16.